The van der Waals surface area contributed by atoms with Gasteiger partial charge in [0.05, 0.1) is 16.8 Å². The molecule has 0 spiro atoms. The minimum absolute atomic E-state index is 0.552. The highest BCUT2D eigenvalue weighted by atomic mass is 32.1. The van der Waals surface area contributed by atoms with E-state index in [2.05, 4.69) is 182 Å². The fourth-order valence-corrected chi connectivity index (χ4v) is 10.3. The van der Waals surface area contributed by atoms with Crippen molar-refractivity contribution >= 4 is 96.7 Å². The van der Waals surface area contributed by atoms with Crippen LogP contribution in [0.1, 0.15) is 0 Å². The molecule has 4 heterocycles. The van der Waals surface area contributed by atoms with Gasteiger partial charge in [-0.1, -0.05) is 146 Å². The van der Waals surface area contributed by atoms with Crippen molar-refractivity contribution in [1.82, 2.24) is 19.9 Å². The number of nitrogens with zero attached hydrogens (tertiary/aromatic N) is 4. The molecule has 0 fully saturated rings. The summed E-state index contributed by atoms with van der Waals surface area (Å²) in [6, 6.07) is 63.8. The van der Waals surface area contributed by atoms with Crippen molar-refractivity contribution in [3.05, 3.63) is 182 Å². The van der Waals surface area contributed by atoms with Crippen LogP contribution >= 0.6 is 11.3 Å². The molecule has 4 aromatic heterocycles. The summed E-state index contributed by atoms with van der Waals surface area (Å²) < 4.78 is 9.40. The SMILES string of the molecule is c1ccc2c(-c3nc(-c4ccc5c(c4)sc4ccccc45)nc(-c4cccc5c4oc4ccc6c(-c7cccc8ccccc78)nc7ccccc7c6c45)n3)cccc2c1. The zero-order chi connectivity index (χ0) is 39.3. The van der Waals surface area contributed by atoms with Crippen molar-refractivity contribution in [3.63, 3.8) is 0 Å². The molecule has 60 heavy (non-hydrogen) atoms. The highest BCUT2D eigenvalue weighted by molar-refractivity contribution is 7.25. The van der Waals surface area contributed by atoms with E-state index in [4.69, 9.17) is 24.4 Å². The van der Waals surface area contributed by atoms with Gasteiger partial charge in [-0.25, -0.2) is 19.9 Å². The average Bonchev–Trinajstić information content (AvgIpc) is 3.89. The lowest BCUT2D eigenvalue weighted by molar-refractivity contribution is 0.670. The van der Waals surface area contributed by atoms with E-state index in [1.54, 1.807) is 11.3 Å². The van der Waals surface area contributed by atoms with Gasteiger partial charge in [0.15, 0.2) is 17.5 Å². The maximum Gasteiger partial charge on any atom is 0.167 e. The number of para-hydroxylation sites is 2. The van der Waals surface area contributed by atoms with Gasteiger partial charge in [0.25, 0.3) is 0 Å². The molecule has 0 radical (unpaired) electrons. The minimum atomic E-state index is 0.552. The van der Waals surface area contributed by atoms with E-state index in [0.717, 1.165) is 82.3 Å². The summed E-state index contributed by atoms with van der Waals surface area (Å²) in [5.41, 5.74) is 7.19. The third kappa shape index (κ3) is 4.98. The van der Waals surface area contributed by atoms with Crippen LogP contribution in [0.5, 0.6) is 0 Å². The van der Waals surface area contributed by atoms with Gasteiger partial charge < -0.3 is 4.42 Å². The highest BCUT2D eigenvalue weighted by Crippen LogP contribution is 2.45. The molecule has 0 amide bonds. The van der Waals surface area contributed by atoms with Crippen LogP contribution in [0.15, 0.2) is 186 Å². The standard InChI is InChI=1S/C54H30N4OS/c1-3-16-34-31(12-1)14-9-20-38(34)50-41-28-29-45-49(48(41)40-19-5-7-24-44(40)55-50)42-22-11-23-43(51(42)59-45)54-57-52(33-26-27-37-36-18-6-8-25-46(36)60-47(37)30-33)56-53(58-54)39-21-10-15-32-13-2-4-17-35(32)39/h1-30H. The van der Waals surface area contributed by atoms with Crippen LogP contribution in [-0.2, 0) is 0 Å². The first-order valence-corrected chi connectivity index (χ1v) is 20.9. The van der Waals surface area contributed by atoms with Gasteiger partial charge in [0, 0.05) is 63.8 Å². The predicted molar refractivity (Wildman–Crippen MR) is 250 cm³/mol. The van der Waals surface area contributed by atoms with Crippen LogP contribution in [0.25, 0.3) is 131 Å². The number of furan rings is 1. The topological polar surface area (TPSA) is 64.7 Å². The first-order chi connectivity index (χ1) is 29.7. The smallest absolute Gasteiger partial charge is 0.167 e. The molecule has 0 unspecified atom stereocenters. The van der Waals surface area contributed by atoms with Crippen molar-refractivity contribution in [3.8, 4) is 45.4 Å². The van der Waals surface area contributed by atoms with E-state index in [1.807, 2.05) is 0 Å². The first kappa shape index (κ1) is 33.2. The lowest BCUT2D eigenvalue weighted by Gasteiger charge is -2.13. The third-order valence-electron chi connectivity index (χ3n) is 11.9. The van der Waals surface area contributed by atoms with E-state index in [9.17, 15) is 0 Å². The van der Waals surface area contributed by atoms with E-state index >= 15 is 0 Å². The average molecular weight is 783 g/mol. The summed E-state index contributed by atoms with van der Waals surface area (Å²) in [4.78, 5) is 21.1. The number of hydrogen-bond acceptors (Lipinski definition) is 6. The molecule has 5 nitrogen and oxygen atoms in total. The molecule has 278 valence electrons. The normalized spacial score (nSPS) is 12.0. The lowest BCUT2D eigenvalue weighted by atomic mass is 9.94. The second-order valence-electron chi connectivity index (χ2n) is 15.3. The molecule has 0 atom stereocenters. The Morgan fingerprint density at radius 3 is 1.78 bits per heavy atom. The van der Waals surface area contributed by atoms with E-state index in [0.29, 0.717) is 17.5 Å². The van der Waals surface area contributed by atoms with Crippen molar-refractivity contribution < 1.29 is 4.42 Å². The van der Waals surface area contributed by atoms with E-state index in [1.165, 1.54) is 30.9 Å². The van der Waals surface area contributed by atoms with Gasteiger partial charge in [0.2, 0.25) is 0 Å². The highest BCUT2D eigenvalue weighted by Gasteiger charge is 2.22. The van der Waals surface area contributed by atoms with Crippen molar-refractivity contribution in [1.29, 1.82) is 0 Å². The summed E-state index contributed by atoms with van der Waals surface area (Å²) in [5.74, 6) is 1.77. The monoisotopic (exact) mass is 782 g/mol. The molecule has 0 aliphatic heterocycles. The summed E-state index contributed by atoms with van der Waals surface area (Å²) in [7, 11) is 0. The van der Waals surface area contributed by atoms with Crippen molar-refractivity contribution in [2.75, 3.05) is 0 Å². The summed E-state index contributed by atoms with van der Waals surface area (Å²) in [5, 5.41) is 12.3. The molecule has 9 aromatic carbocycles. The van der Waals surface area contributed by atoms with E-state index in [-0.39, 0.29) is 0 Å². The van der Waals surface area contributed by atoms with E-state index < -0.39 is 0 Å². The number of thiophene rings is 1. The Morgan fingerprint density at radius 1 is 0.367 bits per heavy atom. The predicted octanol–water partition coefficient (Wildman–Crippen LogP) is 14.8. The molecular formula is C54H30N4OS. The molecule has 0 aliphatic carbocycles. The van der Waals surface area contributed by atoms with Crippen LogP contribution in [0.2, 0.25) is 0 Å². The molecule has 13 rings (SSSR count). The van der Waals surface area contributed by atoms with Gasteiger partial charge in [-0.15, -0.1) is 11.3 Å². The van der Waals surface area contributed by atoms with Gasteiger partial charge >= 0.3 is 0 Å². The summed E-state index contributed by atoms with van der Waals surface area (Å²) in [6.45, 7) is 0. The number of fused-ring (bicyclic) bond motifs is 12. The fraction of sp³-hybridized carbons (Fsp3) is 0. The van der Waals surface area contributed by atoms with Crippen LogP contribution < -0.4 is 0 Å². The zero-order valence-electron chi connectivity index (χ0n) is 31.9. The van der Waals surface area contributed by atoms with Crippen molar-refractivity contribution in [2.24, 2.45) is 0 Å². The van der Waals surface area contributed by atoms with Gasteiger partial charge in [-0.3, -0.25) is 0 Å². The summed E-state index contributed by atoms with van der Waals surface area (Å²) in [6.07, 6.45) is 0. The molecule has 0 aliphatic rings. The lowest BCUT2D eigenvalue weighted by Crippen LogP contribution is -2.00. The van der Waals surface area contributed by atoms with Gasteiger partial charge in [-0.2, -0.15) is 0 Å². The molecule has 0 bridgehead atoms. The number of rotatable bonds is 4. The van der Waals surface area contributed by atoms with Gasteiger partial charge in [-0.05, 0) is 57.9 Å². The molecule has 13 aromatic rings. The minimum Gasteiger partial charge on any atom is -0.455 e. The maximum absolute atomic E-state index is 6.94. The van der Waals surface area contributed by atoms with Crippen LogP contribution in [0.4, 0.5) is 0 Å². The van der Waals surface area contributed by atoms with Crippen LogP contribution in [0, 0.1) is 0 Å². The Labute approximate surface area is 346 Å². The number of benzene rings is 9. The second-order valence-corrected chi connectivity index (χ2v) is 16.4. The third-order valence-corrected chi connectivity index (χ3v) is 13.0. The van der Waals surface area contributed by atoms with Crippen LogP contribution in [-0.4, -0.2) is 19.9 Å². The second kappa shape index (κ2) is 12.9. The molecular weight excluding hydrogens is 753 g/mol. The Balaban J connectivity index is 1.08. The number of pyridine rings is 1. The van der Waals surface area contributed by atoms with Gasteiger partial charge in [0.1, 0.15) is 11.2 Å². The van der Waals surface area contributed by atoms with Crippen LogP contribution in [0.3, 0.4) is 0 Å². The molecule has 0 N–H and O–H groups in total. The Hall–Kier alpha value is -7.80. The number of hydrogen-bond donors (Lipinski definition) is 0. The molecule has 6 heteroatoms. The largest absolute Gasteiger partial charge is 0.455 e. The van der Waals surface area contributed by atoms with Crippen molar-refractivity contribution in [2.45, 2.75) is 0 Å². The quantitative estimate of drug-likeness (QED) is 0.166. The Kier molecular flexibility index (Phi) is 7.11. The first-order valence-electron chi connectivity index (χ1n) is 20.0. The maximum atomic E-state index is 6.94. The molecule has 0 saturated carbocycles. The Morgan fingerprint density at radius 2 is 0.950 bits per heavy atom. The zero-order valence-corrected chi connectivity index (χ0v) is 32.7. The Bertz CT molecular complexity index is 3910. The molecule has 0 saturated heterocycles. The number of aromatic nitrogens is 4. The summed E-state index contributed by atoms with van der Waals surface area (Å²) >= 11 is 1.79. The fourth-order valence-electron chi connectivity index (χ4n) is 9.17.